The lowest BCUT2D eigenvalue weighted by Gasteiger charge is -2.22. The van der Waals surface area contributed by atoms with E-state index >= 15 is 0 Å². The minimum Gasteiger partial charge on any atom is -0.151 e. The van der Waals surface area contributed by atoms with Crippen LogP contribution in [0, 0.1) is 0 Å². The third-order valence-electron chi connectivity index (χ3n) is 6.66. The Bertz CT molecular complexity index is 1930. The molecule has 0 radical (unpaired) electrons. The zero-order valence-corrected chi connectivity index (χ0v) is 18.7. The minimum absolute atomic E-state index is 0.570. The molecule has 0 N–H and O–H groups in total. The van der Waals surface area contributed by atoms with E-state index in [9.17, 15) is 0 Å². The van der Waals surface area contributed by atoms with Crippen molar-refractivity contribution in [2.24, 2.45) is 0 Å². The molecule has 0 fully saturated rings. The zero-order valence-electron chi connectivity index (χ0n) is 15.4. The smallest absolute Gasteiger partial charge is 0.0683 e. The highest BCUT2D eigenvalue weighted by atomic mass is 35.5. The Hall–Kier alpha value is -2.10. The monoisotopic (exact) mass is 458 g/mol. The van der Waals surface area contributed by atoms with Gasteiger partial charge >= 0.3 is 0 Å². The first-order valence-electron chi connectivity index (χ1n) is 9.61. The number of halogens is 2. The van der Waals surface area contributed by atoms with Crippen LogP contribution in [0.25, 0.3) is 75.5 Å². The second kappa shape index (κ2) is 5.77. The summed E-state index contributed by atoms with van der Waals surface area (Å²) in [7, 11) is 0. The normalized spacial score (nSPS) is 14.4. The van der Waals surface area contributed by atoms with Crippen LogP contribution in [0.15, 0.2) is 48.5 Å². The van der Waals surface area contributed by atoms with Crippen molar-refractivity contribution in [1.82, 2.24) is 0 Å². The first-order valence-corrected chi connectivity index (χ1v) is 11.4. The number of thiol groups is 2. The van der Waals surface area contributed by atoms with Crippen LogP contribution < -0.4 is 10.4 Å². The number of hydrogen-bond donors (Lipinski definition) is 2. The van der Waals surface area contributed by atoms with E-state index in [1.165, 1.54) is 43.1 Å². The van der Waals surface area contributed by atoms with Crippen molar-refractivity contribution in [1.29, 1.82) is 0 Å². The molecule has 0 saturated heterocycles. The molecule has 30 heavy (non-hydrogen) atoms. The number of hydrogen-bond acceptors (Lipinski definition) is 2. The van der Waals surface area contributed by atoms with Crippen molar-refractivity contribution in [2.75, 3.05) is 0 Å². The van der Waals surface area contributed by atoms with Crippen molar-refractivity contribution < 1.29 is 0 Å². The summed E-state index contributed by atoms with van der Waals surface area (Å²) in [6.45, 7) is 0. The van der Waals surface area contributed by atoms with Gasteiger partial charge in [-0.25, -0.2) is 0 Å². The van der Waals surface area contributed by atoms with Crippen LogP contribution in [-0.2, 0) is 0 Å². The summed E-state index contributed by atoms with van der Waals surface area (Å²) in [5, 5.41) is 21.0. The first-order chi connectivity index (χ1) is 14.7. The van der Waals surface area contributed by atoms with Gasteiger partial charge in [0.2, 0.25) is 0 Å². The zero-order chi connectivity index (χ0) is 20.3. The van der Waals surface area contributed by atoms with Gasteiger partial charge in [0.25, 0.3) is 0 Å². The Labute approximate surface area is 192 Å². The summed E-state index contributed by atoms with van der Waals surface area (Å²) in [6.07, 6.45) is 0. The molecule has 0 heterocycles. The van der Waals surface area contributed by atoms with Crippen LogP contribution in [0.1, 0.15) is 0 Å². The lowest BCUT2D eigenvalue weighted by atomic mass is 9.82. The van der Waals surface area contributed by atoms with Gasteiger partial charge in [0.15, 0.2) is 0 Å². The molecule has 0 atom stereocenters. The number of benzene rings is 7. The molecule has 0 aliphatic carbocycles. The Kier molecular flexibility index (Phi) is 3.38. The van der Waals surface area contributed by atoms with E-state index < -0.39 is 0 Å². The molecule has 4 heteroatoms. The van der Waals surface area contributed by atoms with Gasteiger partial charge in [0.1, 0.15) is 0 Å². The Morgan fingerprint density at radius 3 is 1.50 bits per heavy atom. The van der Waals surface area contributed by atoms with E-state index in [2.05, 4.69) is 73.8 Å². The molecule has 0 bridgehead atoms. The van der Waals surface area contributed by atoms with Gasteiger partial charge in [-0.05, 0) is 64.3 Å². The molecular formula is C26H12Cl2S2. The van der Waals surface area contributed by atoms with Gasteiger partial charge in [-0.1, -0.05) is 71.7 Å². The molecule has 0 spiro atoms. The van der Waals surface area contributed by atoms with Gasteiger partial charge in [-0.15, -0.1) is 0 Å². The van der Waals surface area contributed by atoms with E-state index in [4.69, 9.17) is 23.2 Å². The van der Waals surface area contributed by atoms with Crippen molar-refractivity contribution in [3.8, 4) is 0 Å². The predicted molar refractivity (Wildman–Crippen MR) is 141 cm³/mol. The standard InChI is InChI=1S/C26H12Cl2S2/c27-25-15-8-6-13-4-2-11-1-3-12-5-7-14-16(9-29)17(10-30)23(26(25)28)24-21(14)19(12)18(11)20(13)22(15)24/h1-10,29-30H. The van der Waals surface area contributed by atoms with Crippen molar-refractivity contribution >= 4 is 124 Å². The predicted octanol–water partition coefficient (Wildman–Crippen LogP) is 7.56. The summed E-state index contributed by atoms with van der Waals surface area (Å²) in [5.74, 6) is 0. The Morgan fingerprint density at radius 1 is 0.467 bits per heavy atom. The molecule has 0 unspecified atom stereocenters. The fraction of sp³-hybridized carbons (Fsp3) is 0. The molecule has 7 rings (SSSR count). The summed E-state index contributed by atoms with van der Waals surface area (Å²) >= 11 is 22.9. The third-order valence-corrected chi connectivity index (χ3v) is 8.04. The fourth-order valence-corrected chi connectivity index (χ4v) is 6.59. The van der Waals surface area contributed by atoms with E-state index in [0.29, 0.717) is 10.0 Å². The van der Waals surface area contributed by atoms with Gasteiger partial charge < -0.3 is 0 Å². The van der Waals surface area contributed by atoms with Gasteiger partial charge in [0, 0.05) is 21.5 Å². The van der Waals surface area contributed by atoms with Crippen molar-refractivity contribution in [2.45, 2.75) is 0 Å². The maximum Gasteiger partial charge on any atom is 0.0683 e. The minimum atomic E-state index is 0.570. The van der Waals surface area contributed by atoms with E-state index in [0.717, 1.165) is 32.0 Å². The van der Waals surface area contributed by atoms with E-state index in [1.807, 2.05) is 10.8 Å². The van der Waals surface area contributed by atoms with Gasteiger partial charge in [0.05, 0.1) is 10.0 Å². The van der Waals surface area contributed by atoms with Crippen LogP contribution in [0.4, 0.5) is 0 Å². The number of rotatable bonds is 0. The molecule has 0 saturated carbocycles. The first kappa shape index (κ1) is 17.6. The molecular weight excluding hydrogens is 447 g/mol. The Balaban J connectivity index is 2.12. The highest BCUT2D eigenvalue weighted by molar-refractivity contribution is 7.88. The molecule has 0 aliphatic heterocycles. The summed E-state index contributed by atoms with van der Waals surface area (Å²) in [5.41, 5.74) is 0. The summed E-state index contributed by atoms with van der Waals surface area (Å²) < 4.78 is 0. The molecule has 0 nitrogen and oxygen atoms in total. The highest BCUT2D eigenvalue weighted by Crippen LogP contribution is 2.50. The topological polar surface area (TPSA) is 0 Å². The SMILES string of the molecule is SC=c1c(=CS)c2c(Cl)c(Cl)c3ccc4ccc5ccc6ccc1c1c6c5c4c3c21. The molecule has 7 aromatic rings. The van der Waals surface area contributed by atoms with Crippen LogP contribution in [0.3, 0.4) is 0 Å². The highest BCUT2D eigenvalue weighted by Gasteiger charge is 2.24. The largest absolute Gasteiger partial charge is 0.151 e. The maximum atomic E-state index is 6.93. The molecule has 0 aliphatic rings. The average Bonchev–Trinajstić information content (AvgIpc) is 2.79. The second-order valence-electron chi connectivity index (χ2n) is 7.87. The summed E-state index contributed by atoms with van der Waals surface area (Å²) in [4.78, 5) is 0. The molecule has 142 valence electrons. The van der Waals surface area contributed by atoms with E-state index in [-0.39, 0.29) is 0 Å². The summed E-state index contributed by atoms with van der Waals surface area (Å²) in [6, 6.07) is 17.5. The third kappa shape index (κ3) is 1.82. The fourth-order valence-electron chi connectivity index (χ4n) is 5.49. The van der Waals surface area contributed by atoms with Gasteiger partial charge in [-0.2, -0.15) is 25.3 Å². The second-order valence-corrected chi connectivity index (χ2v) is 9.14. The van der Waals surface area contributed by atoms with Crippen molar-refractivity contribution in [3.63, 3.8) is 0 Å². The van der Waals surface area contributed by atoms with Crippen molar-refractivity contribution in [3.05, 3.63) is 69.0 Å². The van der Waals surface area contributed by atoms with E-state index in [1.54, 1.807) is 0 Å². The molecule has 0 aromatic heterocycles. The molecule has 7 aromatic carbocycles. The average molecular weight is 459 g/mol. The van der Waals surface area contributed by atoms with Gasteiger partial charge in [-0.3, -0.25) is 0 Å². The lowest BCUT2D eigenvalue weighted by molar-refractivity contribution is 1.68. The Morgan fingerprint density at radius 2 is 0.933 bits per heavy atom. The lowest BCUT2D eigenvalue weighted by Crippen LogP contribution is -2.26. The van der Waals surface area contributed by atoms with Crippen LogP contribution in [0.2, 0.25) is 10.0 Å². The van der Waals surface area contributed by atoms with Crippen LogP contribution >= 0.6 is 48.5 Å². The van der Waals surface area contributed by atoms with Crippen LogP contribution in [-0.4, -0.2) is 0 Å². The van der Waals surface area contributed by atoms with Crippen LogP contribution in [0.5, 0.6) is 0 Å². The molecule has 0 amide bonds. The quantitative estimate of drug-likeness (QED) is 0.131. The maximum absolute atomic E-state index is 6.93.